The Bertz CT molecular complexity index is 916. The smallest absolute Gasteiger partial charge is 0.223 e. The molecule has 0 atom stereocenters. The number of likely N-dealkylation sites (tertiary alicyclic amines) is 1. The van der Waals surface area contributed by atoms with Crippen LogP contribution >= 0.6 is 11.6 Å². The number of piperidine rings is 1. The van der Waals surface area contributed by atoms with E-state index in [2.05, 4.69) is 34.4 Å². The van der Waals surface area contributed by atoms with Crippen LogP contribution in [0, 0.1) is 0 Å². The van der Waals surface area contributed by atoms with Crippen LogP contribution in [0.15, 0.2) is 47.1 Å². The number of amides is 1. The van der Waals surface area contributed by atoms with Gasteiger partial charge in [0.1, 0.15) is 5.76 Å². The summed E-state index contributed by atoms with van der Waals surface area (Å²) >= 11 is 5.73. The predicted molar refractivity (Wildman–Crippen MR) is 100 cm³/mol. The van der Waals surface area contributed by atoms with Crippen molar-refractivity contribution in [2.24, 2.45) is 0 Å². The number of hydrogen-bond donors (Lipinski definition) is 0. The van der Waals surface area contributed by atoms with Gasteiger partial charge in [0.2, 0.25) is 5.91 Å². The number of fused-ring (bicyclic) bond motifs is 1. The maximum absolute atomic E-state index is 12.4. The molecule has 1 aromatic carbocycles. The quantitative estimate of drug-likeness (QED) is 0.691. The van der Waals surface area contributed by atoms with E-state index < -0.39 is 0 Å². The molecule has 0 saturated carbocycles. The molecule has 0 unspecified atom stereocenters. The molecule has 1 aliphatic heterocycles. The van der Waals surface area contributed by atoms with Gasteiger partial charge in [-0.05, 0) is 24.3 Å². The van der Waals surface area contributed by atoms with Crippen molar-refractivity contribution in [3.05, 3.63) is 59.2 Å². The SMILES string of the molecule is O=C(CCc1cc(Cl)no1)N1CCC(c2cc3ccccc3cn2)CC1. The number of carbonyl (C=O) groups is 1. The van der Waals surface area contributed by atoms with Crippen molar-refractivity contribution < 1.29 is 9.32 Å². The largest absolute Gasteiger partial charge is 0.360 e. The summed E-state index contributed by atoms with van der Waals surface area (Å²) < 4.78 is 5.05. The highest BCUT2D eigenvalue weighted by Gasteiger charge is 2.24. The lowest BCUT2D eigenvalue weighted by Gasteiger charge is -2.32. The molecule has 0 bridgehead atoms. The Hall–Kier alpha value is -2.40. The van der Waals surface area contributed by atoms with Crippen LogP contribution in [0.25, 0.3) is 10.8 Å². The van der Waals surface area contributed by atoms with Gasteiger partial charge >= 0.3 is 0 Å². The van der Waals surface area contributed by atoms with Gasteiger partial charge in [-0.2, -0.15) is 0 Å². The van der Waals surface area contributed by atoms with Crippen molar-refractivity contribution in [3.63, 3.8) is 0 Å². The standard InChI is InChI=1S/C20H20ClN3O2/c21-19-12-17(26-23-19)5-6-20(25)24-9-7-14(8-10-24)18-11-15-3-1-2-4-16(15)13-22-18/h1-4,11-14H,5-10H2. The second kappa shape index (κ2) is 7.46. The van der Waals surface area contributed by atoms with Crippen LogP contribution in [0.5, 0.6) is 0 Å². The van der Waals surface area contributed by atoms with Gasteiger partial charge in [-0.15, -0.1) is 0 Å². The maximum atomic E-state index is 12.4. The van der Waals surface area contributed by atoms with Gasteiger partial charge in [-0.25, -0.2) is 0 Å². The molecule has 26 heavy (non-hydrogen) atoms. The molecule has 6 heteroatoms. The molecule has 2 aromatic heterocycles. The highest BCUT2D eigenvalue weighted by atomic mass is 35.5. The van der Waals surface area contributed by atoms with Gasteiger partial charge in [-0.1, -0.05) is 41.0 Å². The highest BCUT2D eigenvalue weighted by Crippen LogP contribution is 2.29. The molecule has 3 aromatic rings. The predicted octanol–water partition coefficient (Wildman–Crippen LogP) is 4.22. The Kier molecular flexibility index (Phi) is 4.89. The summed E-state index contributed by atoms with van der Waals surface area (Å²) in [5.74, 6) is 1.22. The summed E-state index contributed by atoms with van der Waals surface area (Å²) in [5, 5.41) is 6.35. The third-order valence-corrected chi connectivity index (χ3v) is 5.21. The number of nitrogens with zero attached hydrogens (tertiary/aromatic N) is 3. The zero-order chi connectivity index (χ0) is 17.9. The molecule has 0 radical (unpaired) electrons. The topological polar surface area (TPSA) is 59.2 Å². The van der Waals surface area contributed by atoms with Gasteiger partial charge in [0.25, 0.3) is 0 Å². The minimum atomic E-state index is 0.155. The first-order valence-corrected chi connectivity index (χ1v) is 9.30. The lowest BCUT2D eigenvalue weighted by Crippen LogP contribution is -2.38. The number of hydrogen-bond acceptors (Lipinski definition) is 4. The number of halogens is 1. The molecule has 0 spiro atoms. The van der Waals surface area contributed by atoms with Gasteiger partial charge in [0.15, 0.2) is 5.15 Å². The van der Waals surface area contributed by atoms with Crippen molar-refractivity contribution in [3.8, 4) is 0 Å². The average Bonchev–Trinajstić information content (AvgIpc) is 3.11. The van der Waals surface area contributed by atoms with Crippen LogP contribution in [0.4, 0.5) is 0 Å². The fourth-order valence-corrected chi connectivity index (χ4v) is 3.70. The Morgan fingerprint density at radius 2 is 1.96 bits per heavy atom. The Morgan fingerprint density at radius 3 is 2.69 bits per heavy atom. The molecule has 5 nitrogen and oxygen atoms in total. The zero-order valence-electron chi connectivity index (χ0n) is 14.4. The summed E-state index contributed by atoms with van der Waals surface area (Å²) in [6, 6.07) is 12.1. The van der Waals surface area contributed by atoms with Crippen LogP contribution < -0.4 is 0 Å². The first-order valence-electron chi connectivity index (χ1n) is 8.92. The fourth-order valence-electron chi connectivity index (χ4n) is 3.54. The summed E-state index contributed by atoms with van der Waals surface area (Å²) in [5.41, 5.74) is 1.13. The van der Waals surface area contributed by atoms with Crippen LogP contribution in [0.3, 0.4) is 0 Å². The zero-order valence-corrected chi connectivity index (χ0v) is 15.2. The second-order valence-electron chi connectivity index (χ2n) is 6.73. The molecular formula is C20H20ClN3O2. The van der Waals surface area contributed by atoms with Crippen molar-refractivity contribution in [1.82, 2.24) is 15.0 Å². The monoisotopic (exact) mass is 369 g/mol. The number of carbonyl (C=O) groups excluding carboxylic acids is 1. The van der Waals surface area contributed by atoms with Crippen LogP contribution in [-0.4, -0.2) is 34.0 Å². The lowest BCUT2D eigenvalue weighted by atomic mass is 9.92. The van der Waals surface area contributed by atoms with Crippen LogP contribution in [0.2, 0.25) is 5.15 Å². The lowest BCUT2D eigenvalue weighted by molar-refractivity contribution is -0.132. The summed E-state index contributed by atoms with van der Waals surface area (Å²) in [6.07, 6.45) is 4.80. The van der Waals surface area contributed by atoms with Gasteiger partial charge in [0, 0.05) is 55.2 Å². The molecular weight excluding hydrogens is 350 g/mol. The molecule has 3 heterocycles. The number of aromatic nitrogens is 2. The third kappa shape index (κ3) is 3.73. The molecule has 0 N–H and O–H groups in total. The Balaban J connectivity index is 1.33. The minimum absolute atomic E-state index is 0.155. The van der Waals surface area contributed by atoms with E-state index in [0.29, 0.717) is 29.7 Å². The van der Waals surface area contributed by atoms with E-state index in [4.69, 9.17) is 16.1 Å². The van der Waals surface area contributed by atoms with Crippen molar-refractivity contribution in [2.45, 2.75) is 31.6 Å². The molecule has 1 aliphatic rings. The van der Waals surface area contributed by atoms with Crippen molar-refractivity contribution in [1.29, 1.82) is 0 Å². The highest BCUT2D eigenvalue weighted by molar-refractivity contribution is 6.29. The fraction of sp³-hybridized carbons (Fsp3) is 0.350. The second-order valence-corrected chi connectivity index (χ2v) is 7.11. The minimum Gasteiger partial charge on any atom is -0.360 e. The van der Waals surface area contributed by atoms with Crippen LogP contribution in [-0.2, 0) is 11.2 Å². The van der Waals surface area contributed by atoms with Gasteiger partial charge in [0.05, 0.1) is 0 Å². The first-order chi connectivity index (χ1) is 12.7. The van der Waals surface area contributed by atoms with Gasteiger partial charge in [-0.3, -0.25) is 9.78 Å². The molecule has 134 valence electrons. The van der Waals surface area contributed by atoms with Crippen molar-refractivity contribution >= 4 is 28.3 Å². The third-order valence-electron chi connectivity index (χ3n) is 5.03. The number of rotatable bonds is 4. The first kappa shape index (κ1) is 17.0. The van der Waals surface area contributed by atoms with Crippen LogP contribution in [0.1, 0.15) is 36.6 Å². The number of pyridine rings is 1. The maximum Gasteiger partial charge on any atom is 0.223 e. The molecule has 1 fully saturated rings. The Morgan fingerprint density at radius 1 is 1.19 bits per heavy atom. The van der Waals surface area contributed by atoms with E-state index in [-0.39, 0.29) is 5.91 Å². The molecule has 1 amide bonds. The van der Waals surface area contributed by atoms with E-state index >= 15 is 0 Å². The van der Waals surface area contributed by atoms with E-state index in [0.717, 1.165) is 37.0 Å². The summed E-state index contributed by atoms with van der Waals surface area (Å²) in [7, 11) is 0. The summed E-state index contributed by atoms with van der Waals surface area (Å²) in [4.78, 5) is 19.0. The van der Waals surface area contributed by atoms with E-state index in [1.54, 1.807) is 6.07 Å². The number of aryl methyl sites for hydroxylation is 1. The number of benzene rings is 1. The molecule has 1 saturated heterocycles. The average molecular weight is 370 g/mol. The Labute approximate surface area is 156 Å². The molecule has 0 aliphatic carbocycles. The van der Waals surface area contributed by atoms with Crippen molar-refractivity contribution in [2.75, 3.05) is 13.1 Å². The van der Waals surface area contributed by atoms with E-state index in [9.17, 15) is 4.79 Å². The summed E-state index contributed by atoms with van der Waals surface area (Å²) in [6.45, 7) is 1.55. The van der Waals surface area contributed by atoms with Gasteiger partial charge < -0.3 is 9.42 Å². The normalized spacial score (nSPS) is 15.5. The van der Waals surface area contributed by atoms with E-state index in [1.165, 1.54) is 5.39 Å². The van der Waals surface area contributed by atoms with E-state index in [1.807, 2.05) is 17.2 Å². The molecule has 4 rings (SSSR count).